The van der Waals surface area contributed by atoms with Crippen molar-refractivity contribution in [3.63, 3.8) is 0 Å². The largest absolute Gasteiger partial charge is 0.492 e. The lowest BCUT2D eigenvalue weighted by Crippen LogP contribution is -2.36. The van der Waals surface area contributed by atoms with Gasteiger partial charge < -0.3 is 23.7 Å². The van der Waals surface area contributed by atoms with Gasteiger partial charge in [-0.25, -0.2) is 4.39 Å². The lowest BCUT2D eigenvalue weighted by atomic mass is 9.97. The summed E-state index contributed by atoms with van der Waals surface area (Å²) in [6.45, 7) is 1.76. The van der Waals surface area contributed by atoms with Gasteiger partial charge >= 0.3 is 0 Å². The molecule has 34 heavy (non-hydrogen) atoms. The summed E-state index contributed by atoms with van der Waals surface area (Å²) in [6.07, 6.45) is 2.62. The van der Waals surface area contributed by atoms with E-state index in [4.69, 9.17) is 14.2 Å². The predicted molar refractivity (Wildman–Crippen MR) is 125 cm³/mol. The number of hydrogen-bond donors (Lipinski definition) is 0. The van der Waals surface area contributed by atoms with Gasteiger partial charge in [0.1, 0.15) is 5.82 Å². The predicted octanol–water partition coefficient (Wildman–Crippen LogP) is 4.76. The third kappa shape index (κ3) is 3.36. The van der Waals surface area contributed by atoms with Crippen LogP contribution in [-0.2, 0) is 19.5 Å². The minimum atomic E-state index is -0.264. The standard InChI is InChI=1S/C27H23FN2O4/c1-32-25-21-14-29(11-10-18(21)12-24-26(25)34-16-33-24)27(31)22-15-30(23-5-3-2-4-20(22)23)13-17-6-8-19(28)9-7-17/h2-9,12,15H,10-11,13-14,16H2,1H3. The second-order valence-corrected chi connectivity index (χ2v) is 8.57. The van der Waals surface area contributed by atoms with Crippen molar-refractivity contribution >= 4 is 16.8 Å². The quantitative estimate of drug-likeness (QED) is 0.442. The van der Waals surface area contributed by atoms with Crippen LogP contribution in [-0.4, -0.2) is 35.8 Å². The topological polar surface area (TPSA) is 52.9 Å². The lowest BCUT2D eigenvalue weighted by Gasteiger charge is -2.30. The SMILES string of the molecule is COc1c2c(cc3c1OCO3)CCN(C(=O)c1cn(Cc3ccc(F)cc3)c3ccccc13)C2. The van der Waals surface area contributed by atoms with Crippen molar-refractivity contribution in [2.75, 3.05) is 20.4 Å². The fourth-order valence-electron chi connectivity index (χ4n) is 4.92. The number of carbonyl (C=O) groups excluding carboxylic acids is 1. The smallest absolute Gasteiger partial charge is 0.256 e. The molecule has 6 rings (SSSR count). The van der Waals surface area contributed by atoms with Gasteiger partial charge in [-0.15, -0.1) is 0 Å². The first-order valence-corrected chi connectivity index (χ1v) is 11.2. The lowest BCUT2D eigenvalue weighted by molar-refractivity contribution is 0.0734. The maximum absolute atomic E-state index is 13.7. The Kier molecular flexibility index (Phi) is 4.90. The summed E-state index contributed by atoms with van der Waals surface area (Å²) in [5, 5.41) is 0.901. The summed E-state index contributed by atoms with van der Waals surface area (Å²) in [5.74, 6) is 1.65. The first-order chi connectivity index (χ1) is 16.6. The Bertz CT molecular complexity index is 1410. The average molecular weight is 458 g/mol. The van der Waals surface area contributed by atoms with Crippen LogP contribution in [0.15, 0.2) is 60.8 Å². The second kappa shape index (κ2) is 8.09. The Morgan fingerprint density at radius 3 is 2.76 bits per heavy atom. The minimum absolute atomic E-state index is 0.0283. The molecule has 3 aromatic carbocycles. The maximum atomic E-state index is 13.7. The van der Waals surface area contributed by atoms with Crippen LogP contribution in [0.1, 0.15) is 27.0 Å². The minimum Gasteiger partial charge on any atom is -0.492 e. The van der Waals surface area contributed by atoms with E-state index < -0.39 is 0 Å². The van der Waals surface area contributed by atoms with E-state index in [9.17, 15) is 9.18 Å². The Hall–Kier alpha value is -4.00. The number of para-hydroxylation sites is 1. The zero-order valence-electron chi connectivity index (χ0n) is 18.7. The van der Waals surface area contributed by atoms with Crippen molar-refractivity contribution in [2.45, 2.75) is 19.5 Å². The summed E-state index contributed by atoms with van der Waals surface area (Å²) >= 11 is 0. The molecule has 0 atom stereocenters. The van der Waals surface area contributed by atoms with Crippen LogP contribution in [0.25, 0.3) is 10.9 Å². The number of benzene rings is 3. The third-order valence-corrected chi connectivity index (χ3v) is 6.59. The monoisotopic (exact) mass is 458 g/mol. The molecule has 0 unspecified atom stereocenters. The number of rotatable bonds is 4. The molecule has 1 amide bonds. The van der Waals surface area contributed by atoms with Gasteiger partial charge in [-0.3, -0.25) is 4.79 Å². The fourth-order valence-corrected chi connectivity index (χ4v) is 4.92. The van der Waals surface area contributed by atoms with Crippen LogP contribution in [0.5, 0.6) is 17.2 Å². The zero-order valence-corrected chi connectivity index (χ0v) is 18.7. The molecule has 0 fully saturated rings. The molecule has 1 aromatic heterocycles. The molecule has 3 heterocycles. The third-order valence-electron chi connectivity index (χ3n) is 6.59. The summed E-state index contributed by atoms with van der Waals surface area (Å²) in [7, 11) is 1.61. The number of hydrogen-bond acceptors (Lipinski definition) is 4. The average Bonchev–Trinajstić information content (AvgIpc) is 3.48. The maximum Gasteiger partial charge on any atom is 0.256 e. The van der Waals surface area contributed by atoms with Gasteiger partial charge in [0, 0.05) is 35.8 Å². The van der Waals surface area contributed by atoms with E-state index in [-0.39, 0.29) is 18.5 Å². The summed E-state index contributed by atoms with van der Waals surface area (Å²) < 4.78 is 32.2. The van der Waals surface area contributed by atoms with E-state index in [1.807, 2.05) is 46.0 Å². The highest BCUT2D eigenvalue weighted by atomic mass is 19.1. The molecule has 0 saturated heterocycles. The number of nitrogens with zero attached hydrogens (tertiary/aromatic N) is 2. The molecule has 0 spiro atoms. The molecule has 172 valence electrons. The fraction of sp³-hybridized carbons (Fsp3) is 0.222. The number of halogens is 1. The van der Waals surface area contributed by atoms with Crippen LogP contribution in [0.2, 0.25) is 0 Å². The van der Waals surface area contributed by atoms with Gasteiger partial charge in [0.15, 0.2) is 11.5 Å². The van der Waals surface area contributed by atoms with Crippen molar-refractivity contribution in [1.29, 1.82) is 0 Å². The van der Waals surface area contributed by atoms with Crippen molar-refractivity contribution in [3.8, 4) is 17.2 Å². The van der Waals surface area contributed by atoms with E-state index in [0.717, 1.165) is 27.6 Å². The highest BCUT2D eigenvalue weighted by Gasteiger charge is 2.31. The van der Waals surface area contributed by atoms with Crippen molar-refractivity contribution in [3.05, 3.63) is 88.9 Å². The molecule has 2 aliphatic heterocycles. The number of carbonyl (C=O) groups is 1. The molecule has 4 aromatic rings. The van der Waals surface area contributed by atoms with Crippen LogP contribution < -0.4 is 14.2 Å². The summed E-state index contributed by atoms with van der Waals surface area (Å²) in [6, 6.07) is 16.3. The summed E-state index contributed by atoms with van der Waals surface area (Å²) in [4.78, 5) is 15.6. The van der Waals surface area contributed by atoms with E-state index in [2.05, 4.69) is 0 Å². The van der Waals surface area contributed by atoms with Crippen LogP contribution in [0.3, 0.4) is 0 Å². The normalized spacial score (nSPS) is 14.4. The Balaban J connectivity index is 1.34. The van der Waals surface area contributed by atoms with Gasteiger partial charge in [0.05, 0.1) is 19.2 Å². The highest BCUT2D eigenvalue weighted by Crippen LogP contribution is 2.46. The number of fused-ring (bicyclic) bond motifs is 3. The van der Waals surface area contributed by atoms with Gasteiger partial charge in [0.2, 0.25) is 12.5 Å². The molecule has 6 nitrogen and oxygen atoms in total. The van der Waals surface area contributed by atoms with Gasteiger partial charge in [0.25, 0.3) is 5.91 Å². The zero-order chi connectivity index (χ0) is 23.2. The van der Waals surface area contributed by atoms with Crippen LogP contribution in [0.4, 0.5) is 4.39 Å². The number of methoxy groups -OCH3 is 1. The molecule has 0 bridgehead atoms. The van der Waals surface area contributed by atoms with E-state index in [1.54, 1.807) is 19.2 Å². The first-order valence-electron chi connectivity index (χ1n) is 11.2. The molecular formula is C27H23FN2O4. The number of ether oxygens (including phenoxy) is 3. The van der Waals surface area contributed by atoms with E-state index >= 15 is 0 Å². The molecule has 0 N–H and O–H groups in total. The van der Waals surface area contributed by atoms with Crippen molar-refractivity contribution < 1.29 is 23.4 Å². The van der Waals surface area contributed by atoms with Crippen LogP contribution in [0, 0.1) is 5.82 Å². The molecule has 2 aliphatic rings. The van der Waals surface area contributed by atoms with Gasteiger partial charge in [-0.05, 0) is 41.8 Å². The van der Waals surface area contributed by atoms with E-state index in [1.165, 1.54) is 12.1 Å². The Morgan fingerprint density at radius 1 is 1.12 bits per heavy atom. The van der Waals surface area contributed by atoms with E-state index in [0.29, 0.717) is 48.9 Å². The first kappa shape index (κ1) is 20.6. The number of amides is 1. The molecular weight excluding hydrogens is 435 g/mol. The Labute approximate surface area is 196 Å². The Morgan fingerprint density at radius 2 is 1.94 bits per heavy atom. The van der Waals surface area contributed by atoms with Crippen molar-refractivity contribution in [2.24, 2.45) is 0 Å². The number of aromatic nitrogens is 1. The molecule has 7 heteroatoms. The second-order valence-electron chi connectivity index (χ2n) is 8.57. The molecule has 0 radical (unpaired) electrons. The molecule has 0 saturated carbocycles. The van der Waals surface area contributed by atoms with Gasteiger partial charge in [-0.1, -0.05) is 30.3 Å². The highest BCUT2D eigenvalue weighted by molar-refractivity contribution is 6.07. The van der Waals surface area contributed by atoms with Crippen molar-refractivity contribution in [1.82, 2.24) is 9.47 Å². The van der Waals surface area contributed by atoms with Gasteiger partial charge in [-0.2, -0.15) is 0 Å². The molecule has 0 aliphatic carbocycles. The summed E-state index contributed by atoms with van der Waals surface area (Å²) in [5.41, 5.74) is 4.66. The van der Waals surface area contributed by atoms with Crippen LogP contribution >= 0.6 is 0 Å².